The quantitative estimate of drug-likeness (QED) is 0.884. The Kier molecular flexibility index (Phi) is 5.06. The number of rotatable bonds is 5. The molecule has 2 heterocycles. The smallest absolute Gasteiger partial charge is 0.121 e. The van der Waals surface area contributed by atoms with E-state index < -0.39 is 0 Å². The number of hydrogen-bond donors (Lipinski definition) is 1. The summed E-state index contributed by atoms with van der Waals surface area (Å²) in [5.41, 5.74) is 1.28. The van der Waals surface area contributed by atoms with E-state index in [9.17, 15) is 0 Å². The molecule has 108 valence electrons. The van der Waals surface area contributed by atoms with Gasteiger partial charge in [0.2, 0.25) is 0 Å². The van der Waals surface area contributed by atoms with Crippen molar-refractivity contribution in [3.63, 3.8) is 0 Å². The van der Waals surface area contributed by atoms with Crippen LogP contribution in [-0.4, -0.2) is 31.1 Å². The van der Waals surface area contributed by atoms with Crippen molar-refractivity contribution in [3.05, 3.63) is 23.2 Å². The lowest BCUT2D eigenvalue weighted by molar-refractivity contribution is 0.140. The highest BCUT2D eigenvalue weighted by Crippen LogP contribution is 2.30. The Bertz CT molecular complexity index is 372. The van der Waals surface area contributed by atoms with Gasteiger partial charge in [0.05, 0.1) is 6.04 Å². The van der Waals surface area contributed by atoms with Gasteiger partial charge in [0.25, 0.3) is 0 Å². The molecule has 0 aromatic carbocycles. The lowest BCUT2D eigenvalue weighted by Gasteiger charge is -2.34. The zero-order valence-corrected chi connectivity index (χ0v) is 12.8. The van der Waals surface area contributed by atoms with Crippen LogP contribution in [-0.2, 0) is 0 Å². The minimum Gasteiger partial charge on any atom is -0.464 e. The summed E-state index contributed by atoms with van der Waals surface area (Å²) in [7, 11) is 0. The molecule has 1 N–H and O–H groups in total. The van der Waals surface area contributed by atoms with Gasteiger partial charge in [-0.25, -0.2) is 0 Å². The fourth-order valence-electron chi connectivity index (χ4n) is 2.76. The molecule has 0 saturated carbocycles. The highest BCUT2D eigenvalue weighted by atomic mass is 16.3. The number of furan rings is 1. The zero-order valence-electron chi connectivity index (χ0n) is 12.8. The number of piperazine rings is 1. The number of hydrogen-bond acceptors (Lipinski definition) is 3. The van der Waals surface area contributed by atoms with Crippen LogP contribution < -0.4 is 5.32 Å². The summed E-state index contributed by atoms with van der Waals surface area (Å²) in [6.45, 7) is 13.2. The van der Waals surface area contributed by atoms with Crippen molar-refractivity contribution < 1.29 is 4.42 Å². The third-order valence-corrected chi connectivity index (χ3v) is 4.12. The summed E-state index contributed by atoms with van der Waals surface area (Å²) in [6, 6.07) is 2.69. The first kappa shape index (κ1) is 14.6. The van der Waals surface area contributed by atoms with Gasteiger partial charge in [-0.3, -0.25) is 4.90 Å². The van der Waals surface area contributed by atoms with Gasteiger partial charge in [0.1, 0.15) is 11.5 Å². The van der Waals surface area contributed by atoms with Gasteiger partial charge in [-0.2, -0.15) is 0 Å². The molecule has 1 atom stereocenters. The van der Waals surface area contributed by atoms with E-state index in [0.717, 1.165) is 43.6 Å². The minimum atomic E-state index is 0.455. The Morgan fingerprint density at radius 1 is 1.21 bits per heavy atom. The SMILES string of the molecule is Cc1cc([C@@H](CCC(C)C)N2CCNCC2)oc1C. The fraction of sp³-hybridized carbons (Fsp3) is 0.750. The van der Waals surface area contributed by atoms with Gasteiger partial charge >= 0.3 is 0 Å². The first-order valence-electron chi connectivity index (χ1n) is 7.59. The van der Waals surface area contributed by atoms with E-state index in [1.807, 2.05) is 0 Å². The van der Waals surface area contributed by atoms with Gasteiger partial charge in [0, 0.05) is 26.2 Å². The largest absolute Gasteiger partial charge is 0.464 e. The molecule has 3 heteroatoms. The Morgan fingerprint density at radius 3 is 2.42 bits per heavy atom. The molecule has 1 aliphatic rings. The molecule has 1 aliphatic heterocycles. The molecule has 1 aromatic rings. The monoisotopic (exact) mass is 264 g/mol. The van der Waals surface area contributed by atoms with Crippen molar-refractivity contribution in [1.82, 2.24) is 10.2 Å². The van der Waals surface area contributed by atoms with Crippen LogP contribution in [0.2, 0.25) is 0 Å². The van der Waals surface area contributed by atoms with Crippen LogP contribution in [0.4, 0.5) is 0 Å². The maximum absolute atomic E-state index is 6.00. The molecular weight excluding hydrogens is 236 g/mol. The summed E-state index contributed by atoms with van der Waals surface area (Å²) >= 11 is 0. The molecule has 0 radical (unpaired) electrons. The van der Waals surface area contributed by atoms with Crippen molar-refractivity contribution in [2.24, 2.45) is 5.92 Å². The minimum absolute atomic E-state index is 0.455. The molecule has 0 aliphatic carbocycles. The van der Waals surface area contributed by atoms with E-state index in [2.05, 4.69) is 44.0 Å². The summed E-state index contributed by atoms with van der Waals surface area (Å²) < 4.78 is 6.00. The molecule has 2 rings (SSSR count). The van der Waals surface area contributed by atoms with Gasteiger partial charge in [0.15, 0.2) is 0 Å². The van der Waals surface area contributed by atoms with E-state index in [-0.39, 0.29) is 0 Å². The Balaban J connectivity index is 2.12. The van der Waals surface area contributed by atoms with Crippen LogP contribution in [0.5, 0.6) is 0 Å². The maximum atomic E-state index is 6.00. The summed E-state index contributed by atoms with van der Waals surface area (Å²) in [5.74, 6) is 2.99. The third kappa shape index (κ3) is 3.83. The summed E-state index contributed by atoms with van der Waals surface area (Å²) in [6.07, 6.45) is 2.46. The lowest BCUT2D eigenvalue weighted by Crippen LogP contribution is -2.45. The predicted molar refractivity (Wildman–Crippen MR) is 79.4 cm³/mol. The normalized spacial score (nSPS) is 19.0. The fourth-order valence-corrected chi connectivity index (χ4v) is 2.76. The number of nitrogens with one attached hydrogen (secondary N) is 1. The van der Waals surface area contributed by atoms with Gasteiger partial charge in [-0.05, 0) is 44.2 Å². The summed E-state index contributed by atoms with van der Waals surface area (Å²) in [5, 5.41) is 3.43. The Morgan fingerprint density at radius 2 is 1.89 bits per heavy atom. The van der Waals surface area contributed by atoms with Crippen LogP contribution in [0.15, 0.2) is 10.5 Å². The van der Waals surface area contributed by atoms with Crippen LogP contribution in [0.1, 0.15) is 49.8 Å². The average Bonchev–Trinajstić information content (AvgIpc) is 2.70. The molecule has 0 amide bonds. The second-order valence-electron chi connectivity index (χ2n) is 6.16. The van der Waals surface area contributed by atoms with E-state index in [4.69, 9.17) is 4.42 Å². The van der Waals surface area contributed by atoms with Crippen molar-refractivity contribution in [2.45, 2.75) is 46.6 Å². The zero-order chi connectivity index (χ0) is 13.8. The van der Waals surface area contributed by atoms with Crippen molar-refractivity contribution in [2.75, 3.05) is 26.2 Å². The first-order chi connectivity index (χ1) is 9.08. The molecular formula is C16H28N2O. The second kappa shape index (κ2) is 6.58. The molecule has 1 fully saturated rings. The van der Waals surface area contributed by atoms with Crippen LogP contribution in [0.3, 0.4) is 0 Å². The number of aryl methyl sites for hydroxylation is 2. The van der Waals surface area contributed by atoms with Crippen molar-refractivity contribution in [3.8, 4) is 0 Å². The molecule has 19 heavy (non-hydrogen) atoms. The van der Waals surface area contributed by atoms with Crippen LogP contribution >= 0.6 is 0 Å². The molecule has 0 bridgehead atoms. The Labute approximate surface area is 117 Å². The topological polar surface area (TPSA) is 28.4 Å². The van der Waals surface area contributed by atoms with E-state index >= 15 is 0 Å². The highest BCUT2D eigenvalue weighted by molar-refractivity contribution is 5.21. The molecule has 3 nitrogen and oxygen atoms in total. The standard InChI is InChI=1S/C16H28N2O/c1-12(2)5-6-15(18-9-7-17-8-10-18)16-11-13(3)14(4)19-16/h11-12,15,17H,5-10H2,1-4H3/t15-/m1/s1. The molecule has 0 spiro atoms. The Hall–Kier alpha value is -0.800. The summed E-state index contributed by atoms with van der Waals surface area (Å²) in [4.78, 5) is 2.58. The molecule has 1 aromatic heterocycles. The predicted octanol–water partition coefficient (Wildman–Crippen LogP) is 3.28. The van der Waals surface area contributed by atoms with Crippen LogP contribution in [0, 0.1) is 19.8 Å². The highest BCUT2D eigenvalue weighted by Gasteiger charge is 2.25. The third-order valence-electron chi connectivity index (χ3n) is 4.12. The van der Waals surface area contributed by atoms with Crippen molar-refractivity contribution >= 4 is 0 Å². The second-order valence-corrected chi connectivity index (χ2v) is 6.16. The number of nitrogens with zero attached hydrogens (tertiary/aromatic N) is 1. The van der Waals surface area contributed by atoms with Gasteiger partial charge in [-0.1, -0.05) is 13.8 Å². The average molecular weight is 264 g/mol. The van der Waals surface area contributed by atoms with Crippen molar-refractivity contribution in [1.29, 1.82) is 0 Å². The molecule has 1 saturated heterocycles. The lowest BCUT2D eigenvalue weighted by atomic mass is 9.99. The van der Waals surface area contributed by atoms with E-state index in [1.165, 1.54) is 18.4 Å². The van der Waals surface area contributed by atoms with Gasteiger partial charge < -0.3 is 9.73 Å². The van der Waals surface area contributed by atoms with Gasteiger partial charge in [-0.15, -0.1) is 0 Å². The first-order valence-corrected chi connectivity index (χ1v) is 7.59. The molecule has 0 unspecified atom stereocenters. The van der Waals surface area contributed by atoms with Crippen LogP contribution in [0.25, 0.3) is 0 Å². The van der Waals surface area contributed by atoms with E-state index in [0.29, 0.717) is 6.04 Å². The van der Waals surface area contributed by atoms with E-state index in [1.54, 1.807) is 0 Å². The maximum Gasteiger partial charge on any atom is 0.121 e.